The summed E-state index contributed by atoms with van der Waals surface area (Å²) in [5.41, 5.74) is 0.270. The molecule has 0 bridgehead atoms. The number of aryl methyl sites for hydroxylation is 1. The Morgan fingerprint density at radius 2 is 2.25 bits per heavy atom. The first-order chi connectivity index (χ1) is 13.7. The van der Waals surface area contributed by atoms with Gasteiger partial charge in [-0.2, -0.15) is 5.10 Å². The first kappa shape index (κ1) is 18.9. The van der Waals surface area contributed by atoms with Crippen molar-refractivity contribution >= 4 is 35.2 Å². The lowest BCUT2D eigenvalue weighted by Crippen LogP contribution is -2.20. The fraction of sp³-hybridized carbons (Fsp3) is 0.375. The highest BCUT2D eigenvalue weighted by molar-refractivity contribution is 8.00. The van der Waals surface area contributed by atoms with Crippen molar-refractivity contribution in [3.8, 4) is 0 Å². The van der Waals surface area contributed by atoms with Gasteiger partial charge >= 0.3 is 0 Å². The summed E-state index contributed by atoms with van der Waals surface area (Å²) in [6.07, 6.45) is 6.73. The van der Waals surface area contributed by atoms with Crippen molar-refractivity contribution in [2.45, 2.75) is 33.3 Å². The van der Waals surface area contributed by atoms with Crippen LogP contribution in [-0.4, -0.2) is 59.3 Å². The summed E-state index contributed by atoms with van der Waals surface area (Å²) in [5.74, 6) is 0.116. The molecule has 1 amide bonds. The Morgan fingerprint density at radius 1 is 1.39 bits per heavy atom. The van der Waals surface area contributed by atoms with Gasteiger partial charge in [0.15, 0.2) is 16.7 Å². The molecule has 1 fully saturated rings. The summed E-state index contributed by atoms with van der Waals surface area (Å²) in [5, 5.41) is 16.7. The third-order valence-corrected chi connectivity index (χ3v) is 6.05. The second-order valence-electron chi connectivity index (χ2n) is 6.02. The van der Waals surface area contributed by atoms with E-state index in [0.29, 0.717) is 26.3 Å². The van der Waals surface area contributed by atoms with Gasteiger partial charge in [0.2, 0.25) is 0 Å². The average Bonchev–Trinajstić information content (AvgIpc) is 3.35. The van der Waals surface area contributed by atoms with Crippen LogP contribution in [0, 0.1) is 0 Å². The topological polar surface area (TPSA) is 124 Å². The minimum Gasteiger partial charge on any atom is -0.381 e. The number of rotatable bonds is 6. The quantitative estimate of drug-likeness (QED) is 0.618. The number of amides is 1. The van der Waals surface area contributed by atoms with Crippen LogP contribution < -0.4 is 5.32 Å². The minimum absolute atomic E-state index is 0.270. The van der Waals surface area contributed by atoms with Gasteiger partial charge < -0.3 is 15.0 Å². The van der Waals surface area contributed by atoms with Crippen LogP contribution in [0.15, 0.2) is 40.0 Å². The molecule has 1 aliphatic rings. The molecule has 10 nitrogen and oxygen atoms in total. The maximum Gasteiger partial charge on any atom is 0.278 e. The Kier molecular flexibility index (Phi) is 5.88. The lowest BCUT2D eigenvalue weighted by atomic mass is 10.2. The SMILES string of the molecule is Cn1ccc(NC(=O)c2nc(Sc3nnc[nH]3)cnc2SC2CCOCC2)n1. The van der Waals surface area contributed by atoms with Gasteiger partial charge in [-0.25, -0.2) is 9.97 Å². The molecule has 1 saturated heterocycles. The number of nitrogens with one attached hydrogen (secondary N) is 2. The molecule has 3 aromatic rings. The van der Waals surface area contributed by atoms with Gasteiger partial charge in [-0.3, -0.25) is 9.48 Å². The van der Waals surface area contributed by atoms with E-state index in [4.69, 9.17) is 4.74 Å². The van der Waals surface area contributed by atoms with Crippen molar-refractivity contribution in [1.29, 1.82) is 0 Å². The monoisotopic (exact) mass is 418 g/mol. The van der Waals surface area contributed by atoms with Crippen molar-refractivity contribution in [3.63, 3.8) is 0 Å². The summed E-state index contributed by atoms with van der Waals surface area (Å²) in [7, 11) is 1.79. The van der Waals surface area contributed by atoms with Gasteiger partial charge in [0, 0.05) is 37.8 Å². The van der Waals surface area contributed by atoms with Crippen molar-refractivity contribution in [3.05, 3.63) is 30.5 Å². The van der Waals surface area contributed by atoms with Crippen LogP contribution in [-0.2, 0) is 11.8 Å². The highest BCUT2D eigenvalue weighted by Crippen LogP contribution is 2.32. The first-order valence-electron chi connectivity index (χ1n) is 8.64. The zero-order valence-electron chi connectivity index (χ0n) is 15.0. The molecule has 0 radical (unpaired) electrons. The highest BCUT2D eigenvalue weighted by Gasteiger charge is 2.23. The first-order valence-corrected chi connectivity index (χ1v) is 10.3. The van der Waals surface area contributed by atoms with E-state index < -0.39 is 0 Å². The molecule has 0 aromatic carbocycles. The van der Waals surface area contributed by atoms with Gasteiger partial charge in [-0.05, 0) is 24.6 Å². The number of aromatic amines is 1. The van der Waals surface area contributed by atoms with E-state index in [1.165, 1.54) is 18.1 Å². The van der Waals surface area contributed by atoms with Crippen LogP contribution in [0.5, 0.6) is 0 Å². The summed E-state index contributed by atoms with van der Waals surface area (Å²) >= 11 is 2.83. The van der Waals surface area contributed by atoms with Crippen LogP contribution in [0.1, 0.15) is 23.3 Å². The maximum atomic E-state index is 12.9. The third-order valence-electron chi connectivity index (χ3n) is 3.93. The molecule has 2 N–H and O–H groups in total. The smallest absolute Gasteiger partial charge is 0.278 e. The number of aromatic nitrogens is 7. The van der Waals surface area contributed by atoms with Gasteiger partial charge in [0.25, 0.3) is 5.91 Å². The Morgan fingerprint density at radius 3 is 2.96 bits per heavy atom. The lowest BCUT2D eigenvalue weighted by molar-refractivity contribution is 0.0999. The van der Waals surface area contributed by atoms with Crippen molar-refractivity contribution in [2.24, 2.45) is 7.05 Å². The number of carbonyl (C=O) groups is 1. The second kappa shape index (κ2) is 8.71. The predicted molar refractivity (Wildman–Crippen MR) is 103 cm³/mol. The molecule has 4 rings (SSSR count). The molecule has 146 valence electrons. The Bertz CT molecular complexity index is 940. The fourth-order valence-electron chi connectivity index (χ4n) is 2.60. The van der Waals surface area contributed by atoms with Gasteiger partial charge in [0.1, 0.15) is 16.4 Å². The zero-order chi connectivity index (χ0) is 19.3. The number of thioether (sulfide) groups is 1. The number of hydrogen-bond donors (Lipinski definition) is 2. The second-order valence-corrected chi connectivity index (χ2v) is 8.31. The molecule has 3 aromatic heterocycles. The van der Waals surface area contributed by atoms with E-state index in [1.54, 1.807) is 42.0 Å². The van der Waals surface area contributed by atoms with Crippen LogP contribution in [0.2, 0.25) is 0 Å². The number of hydrogen-bond acceptors (Lipinski definition) is 9. The van der Waals surface area contributed by atoms with E-state index in [-0.39, 0.29) is 11.6 Å². The van der Waals surface area contributed by atoms with E-state index >= 15 is 0 Å². The molecule has 0 saturated carbocycles. The summed E-state index contributed by atoms with van der Waals surface area (Å²) in [4.78, 5) is 24.8. The zero-order valence-corrected chi connectivity index (χ0v) is 16.7. The summed E-state index contributed by atoms with van der Waals surface area (Å²) in [6, 6.07) is 1.73. The highest BCUT2D eigenvalue weighted by atomic mass is 32.2. The normalized spacial score (nSPS) is 14.9. The Hall–Kier alpha value is -2.44. The number of H-pyrrole nitrogens is 1. The summed E-state index contributed by atoms with van der Waals surface area (Å²) in [6.45, 7) is 1.44. The van der Waals surface area contributed by atoms with Crippen molar-refractivity contribution in [2.75, 3.05) is 18.5 Å². The molecule has 4 heterocycles. The summed E-state index contributed by atoms with van der Waals surface area (Å²) < 4.78 is 7.04. The maximum absolute atomic E-state index is 12.9. The predicted octanol–water partition coefficient (Wildman–Crippen LogP) is 2.00. The van der Waals surface area contributed by atoms with Crippen LogP contribution in [0.25, 0.3) is 0 Å². The number of nitrogens with zero attached hydrogens (tertiary/aromatic N) is 6. The molecular weight excluding hydrogens is 400 g/mol. The van der Waals surface area contributed by atoms with E-state index in [9.17, 15) is 4.79 Å². The van der Waals surface area contributed by atoms with E-state index in [0.717, 1.165) is 26.1 Å². The minimum atomic E-state index is -0.347. The Labute approximate surface area is 169 Å². The molecule has 1 aliphatic heterocycles. The van der Waals surface area contributed by atoms with Crippen molar-refractivity contribution < 1.29 is 9.53 Å². The molecular formula is C16H18N8O2S2. The lowest BCUT2D eigenvalue weighted by Gasteiger charge is -2.21. The van der Waals surface area contributed by atoms with Gasteiger partial charge in [0.05, 0.1) is 6.20 Å². The molecule has 28 heavy (non-hydrogen) atoms. The fourth-order valence-corrected chi connectivity index (χ4v) is 4.34. The molecule has 12 heteroatoms. The van der Waals surface area contributed by atoms with Crippen LogP contribution in [0.3, 0.4) is 0 Å². The van der Waals surface area contributed by atoms with Crippen molar-refractivity contribution in [1.82, 2.24) is 34.9 Å². The molecule has 0 unspecified atom stereocenters. The average molecular weight is 419 g/mol. The number of carbonyl (C=O) groups excluding carboxylic acids is 1. The van der Waals surface area contributed by atoms with Gasteiger partial charge in [-0.15, -0.1) is 22.0 Å². The van der Waals surface area contributed by atoms with E-state index in [1.807, 2.05) is 0 Å². The van der Waals surface area contributed by atoms with Crippen LogP contribution in [0.4, 0.5) is 5.82 Å². The third kappa shape index (κ3) is 4.69. The molecule has 0 spiro atoms. The molecule has 0 atom stereocenters. The molecule has 0 aliphatic carbocycles. The number of anilines is 1. The van der Waals surface area contributed by atoms with E-state index in [2.05, 4.69) is 35.6 Å². The van der Waals surface area contributed by atoms with Crippen LogP contribution >= 0.6 is 23.5 Å². The number of ether oxygens (including phenoxy) is 1. The van der Waals surface area contributed by atoms with Gasteiger partial charge in [-0.1, -0.05) is 0 Å². The largest absolute Gasteiger partial charge is 0.381 e. The standard InChI is InChI=1S/C16H18N8O2S2/c1-24-5-2-11(23-24)20-14(25)13-15(27-10-3-6-26-7-4-10)17-8-12(21-13)28-16-18-9-19-22-16/h2,5,8-10H,3-4,6-7H2,1H3,(H,18,19,22)(H,20,23,25). The Balaban J connectivity index is 1.58.